The molecule has 0 spiro atoms. The van der Waals surface area contributed by atoms with E-state index in [0.717, 1.165) is 0 Å². The lowest BCUT2D eigenvalue weighted by Crippen LogP contribution is -2.42. The number of nitrogens with two attached hydrogens (primary N) is 1. The van der Waals surface area contributed by atoms with Gasteiger partial charge >= 0.3 is 5.97 Å². The molecule has 4 nitrogen and oxygen atoms in total. The van der Waals surface area contributed by atoms with E-state index in [2.05, 4.69) is 0 Å². The molecule has 17 heavy (non-hydrogen) atoms. The largest absolute Gasteiger partial charge is 0.483 e. The normalized spacial score (nSPS) is 23.0. The van der Waals surface area contributed by atoms with Crippen LogP contribution < -0.4 is 10.5 Å². The molecule has 0 aliphatic carbocycles. The van der Waals surface area contributed by atoms with Crippen molar-refractivity contribution in [2.75, 3.05) is 5.73 Å². The molecular weight excluding hydrogens is 232 g/mol. The summed E-state index contributed by atoms with van der Waals surface area (Å²) in [5.41, 5.74) is 6.55. The highest BCUT2D eigenvalue weighted by Gasteiger charge is 2.40. The van der Waals surface area contributed by atoms with Crippen molar-refractivity contribution in [3.63, 3.8) is 0 Å². The Morgan fingerprint density at radius 2 is 2.24 bits per heavy atom. The van der Waals surface area contributed by atoms with Crippen molar-refractivity contribution < 1.29 is 23.4 Å². The summed E-state index contributed by atoms with van der Waals surface area (Å²) in [6, 6.07) is 4.56. The molecule has 3 N–H and O–H groups in total. The minimum Gasteiger partial charge on any atom is -0.483 e. The molecule has 92 valence electrons. The second kappa shape index (κ2) is 4.20. The fraction of sp³-hybridized carbons (Fsp3) is 0.364. The predicted octanol–water partition coefficient (Wildman–Crippen LogP) is 1.54. The molecule has 0 fully saturated rings. The summed E-state index contributed by atoms with van der Waals surface area (Å²) in [4.78, 5) is 10.9. The monoisotopic (exact) mass is 243 g/mol. The van der Waals surface area contributed by atoms with Gasteiger partial charge < -0.3 is 15.6 Å². The summed E-state index contributed by atoms with van der Waals surface area (Å²) in [6.45, 7) is 0. The van der Waals surface area contributed by atoms with Gasteiger partial charge in [-0.05, 0) is 30.2 Å². The van der Waals surface area contributed by atoms with Crippen LogP contribution in [0.2, 0.25) is 0 Å². The van der Waals surface area contributed by atoms with Gasteiger partial charge in [-0.3, -0.25) is 4.79 Å². The van der Waals surface area contributed by atoms with Crippen molar-refractivity contribution in [2.24, 2.45) is 5.92 Å². The quantitative estimate of drug-likeness (QED) is 0.773. The Bertz CT molecular complexity index is 450. The lowest BCUT2D eigenvalue weighted by Gasteiger charge is -2.30. The van der Waals surface area contributed by atoms with E-state index in [1.54, 1.807) is 6.07 Å². The van der Waals surface area contributed by atoms with Gasteiger partial charge in [0.2, 0.25) is 0 Å². The van der Waals surface area contributed by atoms with Crippen LogP contribution in [0.15, 0.2) is 18.2 Å². The van der Waals surface area contributed by atoms with E-state index >= 15 is 0 Å². The zero-order chi connectivity index (χ0) is 12.6. The number of benzene rings is 1. The third kappa shape index (κ3) is 2.15. The maximum absolute atomic E-state index is 12.7. The third-order valence-electron chi connectivity index (χ3n) is 2.75. The number of aliphatic carboxylic acids is 1. The standard InChI is InChI=1S/C11H11F2NO3/c12-10(13)9-7(11(15)16)4-5-3-6(14)1-2-8(5)17-9/h1-3,7,9-10H,4,14H2,(H,15,16). The summed E-state index contributed by atoms with van der Waals surface area (Å²) in [7, 11) is 0. The number of rotatable bonds is 2. The molecule has 0 amide bonds. The van der Waals surface area contributed by atoms with Crippen LogP contribution in [0.5, 0.6) is 5.75 Å². The van der Waals surface area contributed by atoms with Gasteiger partial charge in [0.25, 0.3) is 6.43 Å². The Balaban J connectivity index is 2.36. The summed E-state index contributed by atoms with van der Waals surface area (Å²) in [5, 5.41) is 8.91. The van der Waals surface area contributed by atoms with Crippen LogP contribution in [-0.4, -0.2) is 23.6 Å². The predicted molar refractivity (Wildman–Crippen MR) is 56.1 cm³/mol. The number of alkyl halides is 2. The lowest BCUT2D eigenvalue weighted by atomic mass is 9.90. The number of fused-ring (bicyclic) bond motifs is 1. The summed E-state index contributed by atoms with van der Waals surface area (Å²) in [5.74, 6) is -2.25. The SMILES string of the molecule is Nc1ccc2c(c1)CC(C(=O)O)C(C(F)F)O2. The van der Waals surface area contributed by atoms with Crippen molar-refractivity contribution in [3.05, 3.63) is 23.8 Å². The molecule has 0 bridgehead atoms. The third-order valence-corrected chi connectivity index (χ3v) is 2.75. The van der Waals surface area contributed by atoms with Crippen LogP contribution in [0, 0.1) is 5.92 Å². The van der Waals surface area contributed by atoms with Gasteiger partial charge in [-0.15, -0.1) is 0 Å². The molecule has 2 unspecified atom stereocenters. The number of hydrogen-bond donors (Lipinski definition) is 2. The Kier molecular flexibility index (Phi) is 2.87. The number of nitrogen functional groups attached to an aromatic ring is 1. The second-order valence-corrected chi connectivity index (χ2v) is 3.93. The van der Waals surface area contributed by atoms with Gasteiger partial charge in [-0.25, -0.2) is 8.78 Å². The van der Waals surface area contributed by atoms with E-state index in [-0.39, 0.29) is 12.2 Å². The lowest BCUT2D eigenvalue weighted by molar-refractivity contribution is -0.150. The van der Waals surface area contributed by atoms with Gasteiger partial charge in [0.1, 0.15) is 11.7 Å². The molecule has 0 aromatic heterocycles. The number of carbonyl (C=O) groups is 1. The van der Waals surface area contributed by atoms with Crippen LogP contribution in [0.25, 0.3) is 0 Å². The zero-order valence-electron chi connectivity index (χ0n) is 8.77. The minimum atomic E-state index is -2.83. The minimum absolute atomic E-state index is 0.00468. The first-order valence-corrected chi connectivity index (χ1v) is 5.05. The molecule has 0 radical (unpaired) electrons. The van der Waals surface area contributed by atoms with Crippen LogP contribution in [0.3, 0.4) is 0 Å². The van der Waals surface area contributed by atoms with E-state index in [9.17, 15) is 13.6 Å². The van der Waals surface area contributed by atoms with Crippen LogP contribution in [-0.2, 0) is 11.2 Å². The van der Waals surface area contributed by atoms with E-state index in [1.807, 2.05) is 0 Å². The molecule has 2 atom stereocenters. The van der Waals surface area contributed by atoms with Gasteiger partial charge in [-0.1, -0.05) is 0 Å². The Morgan fingerprint density at radius 1 is 1.53 bits per heavy atom. The summed E-state index contributed by atoms with van der Waals surface area (Å²) >= 11 is 0. The number of anilines is 1. The molecule has 1 aromatic rings. The van der Waals surface area contributed by atoms with E-state index in [0.29, 0.717) is 11.3 Å². The highest BCUT2D eigenvalue weighted by Crippen LogP contribution is 2.34. The van der Waals surface area contributed by atoms with Gasteiger partial charge in [0.05, 0.1) is 0 Å². The fourth-order valence-electron chi connectivity index (χ4n) is 1.91. The number of ether oxygens (including phenoxy) is 1. The molecule has 1 aliphatic rings. The van der Waals surface area contributed by atoms with Crippen LogP contribution in [0.1, 0.15) is 5.56 Å². The molecule has 0 saturated heterocycles. The van der Waals surface area contributed by atoms with Crippen LogP contribution >= 0.6 is 0 Å². The number of halogens is 2. The maximum atomic E-state index is 12.7. The molecule has 1 aromatic carbocycles. The molecular formula is C11H11F2NO3. The smallest absolute Gasteiger partial charge is 0.310 e. The van der Waals surface area contributed by atoms with Crippen molar-refractivity contribution >= 4 is 11.7 Å². The average Bonchev–Trinajstić information content (AvgIpc) is 2.26. The first kappa shape index (κ1) is 11.6. The van der Waals surface area contributed by atoms with Crippen molar-refractivity contribution in [3.8, 4) is 5.75 Å². The Morgan fingerprint density at radius 3 is 2.82 bits per heavy atom. The maximum Gasteiger partial charge on any atom is 0.310 e. The zero-order valence-corrected chi connectivity index (χ0v) is 8.77. The molecule has 6 heteroatoms. The summed E-state index contributed by atoms with van der Waals surface area (Å²) < 4.78 is 30.4. The highest BCUT2D eigenvalue weighted by molar-refractivity contribution is 5.72. The number of carboxylic acid groups (broad SMARTS) is 1. The first-order chi connectivity index (χ1) is 7.99. The summed E-state index contributed by atoms with van der Waals surface area (Å²) in [6.07, 6.45) is -4.43. The van der Waals surface area contributed by atoms with Crippen LogP contribution in [0.4, 0.5) is 14.5 Å². The van der Waals surface area contributed by atoms with Crippen molar-refractivity contribution in [1.29, 1.82) is 0 Å². The second-order valence-electron chi connectivity index (χ2n) is 3.93. The van der Waals surface area contributed by atoms with Gasteiger partial charge in [0, 0.05) is 5.69 Å². The fourth-order valence-corrected chi connectivity index (χ4v) is 1.91. The van der Waals surface area contributed by atoms with E-state index in [4.69, 9.17) is 15.6 Å². The Labute approximate surface area is 96.0 Å². The average molecular weight is 243 g/mol. The molecule has 1 aliphatic heterocycles. The highest BCUT2D eigenvalue weighted by atomic mass is 19.3. The van der Waals surface area contributed by atoms with Gasteiger partial charge in [0.15, 0.2) is 6.10 Å². The van der Waals surface area contributed by atoms with E-state index < -0.39 is 24.4 Å². The van der Waals surface area contributed by atoms with Crippen molar-refractivity contribution in [2.45, 2.75) is 19.0 Å². The molecule has 1 heterocycles. The van der Waals surface area contributed by atoms with Gasteiger partial charge in [-0.2, -0.15) is 0 Å². The van der Waals surface area contributed by atoms with E-state index in [1.165, 1.54) is 12.1 Å². The molecule has 0 saturated carbocycles. The topological polar surface area (TPSA) is 72.6 Å². The van der Waals surface area contributed by atoms with Crippen molar-refractivity contribution in [1.82, 2.24) is 0 Å². The number of hydrogen-bond acceptors (Lipinski definition) is 3. The first-order valence-electron chi connectivity index (χ1n) is 5.05. The molecule has 2 rings (SSSR count). The Hall–Kier alpha value is -1.85. The number of carboxylic acids is 1.